The molecule has 1 N–H and O–H groups in total. The fourth-order valence-corrected chi connectivity index (χ4v) is 4.60. The fraction of sp³-hybridized carbons (Fsp3) is 0.941. The molecule has 3 nitrogen and oxygen atoms in total. The molecule has 1 amide bonds. The summed E-state index contributed by atoms with van der Waals surface area (Å²) < 4.78 is 5.86. The molecule has 3 aliphatic carbocycles. The minimum atomic E-state index is 0.266. The van der Waals surface area contributed by atoms with Crippen molar-refractivity contribution in [3.05, 3.63) is 0 Å². The summed E-state index contributed by atoms with van der Waals surface area (Å²) in [5.74, 6) is 1.31. The van der Waals surface area contributed by atoms with Crippen molar-refractivity contribution in [2.45, 2.75) is 77.4 Å². The third-order valence-electron chi connectivity index (χ3n) is 6.06. The monoisotopic (exact) mass is 279 g/mol. The molecule has 0 radical (unpaired) electrons. The molecular formula is C17H29NO2. The minimum absolute atomic E-state index is 0.266. The summed E-state index contributed by atoms with van der Waals surface area (Å²) in [5, 5.41) is 3.37. The summed E-state index contributed by atoms with van der Waals surface area (Å²) in [5.41, 5.74) is 0.298. The minimum Gasteiger partial charge on any atom is -0.378 e. The van der Waals surface area contributed by atoms with E-state index in [1.165, 1.54) is 32.1 Å². The molecule has 20 heavy (non-hydrogen) atoms. The Hall–Kier alpha value is -0.570. The molecule has 3 aliphatic rings. The maximum absolute atomic E-state index is 12.5. The van der Waals surface area contributed by atoms with Gasteiger partial charge in [-0.1, -0.05) is 26.2 Å². The highest BCUT2D eigenvalue weighted by Crippen LogP contribution is 2.57. The highest BCUT2D eigenvalue weighted by atomic mass is 16.5. The van der Waals surface area contributed by atoms with Gasteiger partial charge in [-0.3, -0.25) is 4.79 Å². The lowest BCUT2D eigenvalue weighted by Crippen LogP contribution is -2.68. The van der Waals surface area contributed by atoms with E-state index >= 15 is 0 Å². The summed E-state index contributed by atoms with van der Waals surface area (Å²) in [7, 11) is 0. The fourth-order valence-electron chi connectivity index (χ4n) is 4.60. The lowest BCUT2D eigenvalue weighted by Gasteiger charge is -2.61. The third-order valence-corrected chi connectivity index (χ3v) is 6.06. The van der Waals surface area contributed by atoms with Crippen molar-refractivity contribution in [1.29, 1.82) is 0 Å². The number of carbonyl (C=O) groups is 1. The molecule has 1 spiro atoms. The highest BCUT2D eigenvalue weighted by Gasteiger charge is 2.59. The van der Waals surface area contributed by atoms with E-state index in [9.17, 15) is 4.79 Å². The van der Waals surface area contributed by atoms with E-state index in [-0.39, 0.29) is 5.92 Å². The van der Waals surface area contributed by atoms with E-state index in [0.717, 1.165) is 31.8 Å². The molecule has 0 aliphatic heterocycles. The first-order valence-corrected chi connectivity index (χ1v) is 8.57. The lowest BCUT2D eigenvalue weighted by molar-refractivity contribution is -0.177. The number of carbonyl (C=O) groups excluding carboxylic acids is 1. The molecule has 114 valence electrons. The van der Waals surface area contributed by atoms with Crippen LogP contribution >= 0.6 is 0 Å². The maximum atomic E-state index is 12.5. The molecule has 0 saturated heterocycles. The Morgan fingerprint density at radius 2 is 2.05 bits per heavy atom. The molecule has 3 saturated carbocycles. The first-order chi connectivity index (χ1) is 9.65. The molecule has 3 fully saturated rings. The largest absolute Gasteiger partial charge is 0.378 e. The van der Waals surface area contributed by atoms with E-state index in [2.05, 4.69) is 19.2 Å². The third kappa shape index (κ3) is 2.38. The maximum Gasteiger partial charge on any atom is 0.223 e. The second-order valence-corrected chi connectivity index (χ2v) is 7.30. The van der Waals surface area contributed by atoms with E-state index in [0.29, 0.717) is 23.5 Å². The average molecular weight is 279 g/mol. The zero-order valence-electron chi connectivity index (χ0n) is 13.0. The topological polar surface area (TPSA) is 38.3 Å². The molecule has 0 aromatic rings. The summed E-state index contributed by atoms with van der Waals surface area (Å²) in [6.45, 7) is 5.15. The van der Waals surface area contributed by atoms with E-state index in [4.69, 9.17) is 4.74 Å². The van der Waals surface area contributed by atoms with Gasteiger partial charge in [0.05, 0.1) is 6.10 Å². The molecule has 3 rings (SSSR count). The Bertz CT molecular complexity index is 364. The molecule has 0 bridgehead atoms. The van der Waals surface area contributed by atoms with Crippen molar-refractivity contribution < 1.29 is 9.53 Å². The van der Waals surface area contributed by atoms with Crippen LogP contribution in [0.2, 0.25) is 0 Å². The number of amides is 1. The molecule has 0 aromatic carbocycles. The highest BCUT2D eigenvalue weighted by molar-refractivity contribution is 5.79. The standard InChI is InChI=1S/C17H29NO2/c1-3-20-15-11-14(17(15)8-5-9-17)18-16(19)13-7-4-6-12(2)10-13/h12-15H,3-11H2,1-2H3,(H,18,19)/t12-,13-,14+,15-/m1/s1. The average Bonchev–Trinajstić information content (AvgIpc) is 2.35. The molecular weight excluding hydrogens is 250 g/mol. The van der Waals surface area contributed by atoms with Crippen LogP contribution in [-0.4, -0.2) is 24.7 Å². The van der Waals surface area contributed by atoms with Gasteiger partial charge in [-0.2, -0.15) is 0 Å². The zero-order valence-corrected chi connectivity index (χ0v) is 13.0. The number of nitrogens with one attached hydrogen (secondary N) is 1. The Balaban J connectivity index is 1.54. The van der Waals surface area contributed by atoms with Gasteiger partial charge >= 0.3 is 0 Å². The summed E-state index contributed by atoms with van der Waals surface area (Å²) in [4.78, 5) is 12.5. The van der Waals surface area contributed by atoms with Crippen LogP contribution in [0.25, 0.3) is 0 Å². The summed E-state index contributed by atoms with van der Waals surface area (Å²) in [6, 6.07) is 0.387. The van der Waals surface area contributed by atoms with Gasteiger partial charge in [0.2, 0.25) is 5.91 Å². The summed E-state index contributed by atoms with van der Waals surface area (Å²) >= 11 is 0. The molecule has 3 heteroatoms. The van der Waals surface area contributed by atoms with E-state index < -0.39 is 0 Å². The number of hydrogen-bond donors (Lipinski definition) is 1. The Kier molecular flexibility index (Phi) is 4.07. The molecule has 0 unspecified atom stereocenters. The van der Waals surface area contributed by atoms with Gasteiger partial charge in [0.25, 0.3) is 0 Å². The van der Waals surface area contributed by atoms with Crippen LogP contribution in [0.1, 0.15) is 65.2 Å². The number of rotatable bonds is 4. The van der Waals surface area contributed by atoms with E-state index in [1.807, 2.05) is 0 Å². The quantitative estimate of drug-likeness (QED) is 0.857. The van der Waals surface area contributed by atoms with E-state index in [1.54, 1.807) is 0 Å². The van der Waals surface area contributed by atoms with Crippen molar-refractivity contribution in [2.75, 3.05) is 6.61 Å². The Labute approximate surface area is 122 Å². The van der Waals surface area contributed by atoms with Crippen LogP contribution < -0.4 is 5.32 Å². The van der Waals surface area contributed by atoms with Crippen LogP contribution in [0, 0.1) is 17.3 Å². The van der Waals surface area contributed by atoms with Crippen LogP contribution in [0.5, 0.6) is 0 Å². The number of ether oxygens (including phenoxy) is 1. The first-order valence-electron chi connectivity index (χ1n) is 8.57. The molecule has 0 heterocycles. The normalized spacial score (nSPS) is 38.9. The van der Waals surface area contributed by atoms with Crippen molar-refractivity contribution in [1.82, 2.24) is 5.32 Å². The lowest BCUT2D eigenvalue weighted by atomic mass is 9.51. The van der Waals surface area contributed by atoms with Crippen molar-refractivity contribution in [3.8, 4) is 0 Å². The van der Waals surface area contributed by atoms with Gasteiger partial charge in [-0.15, -0.1) is 0 Å². The van der Waals surface area contributed by atoms with Gasteiger partial charge in [0, 0.05) is 24.0 Å². The van der Waals surface area contributed by atoms with Gasteiger partial charge < -0.3 is 10.1 Å². The second kappa shape index (κ2) is 5.67. The van der Waals surface area contributed by atoms with Gasteiger partial charge in [-0.05, 0) is 44.9 Å². The van der Waals surface area contributed by atoms with Crippen LogP contribution in [0.3, 0.4) is 0 Å². The van der Waals surface area contributed by atoms with Gasteiger partial charge in [0.15, 0.2) is 0 Å². The van der Waals surface area contributed by atoms with Crippen molar-refractivity contribution in [2.24, 2.45) is 17.3 Å². The number of hydrogen-bond acceptors (Lipinski definition) is 2. The smallest absolute Gasteiger partial charge is 0.223 e. The SMILES string of the molecule is CCO[C@@H]1C[C@H](NC(=O)[C@@H]2CCC[C@@H](C)C2)C12CCC2. The summed E-state index contributed by atoms with van der Waals surface area (Å²) in [6.07, 6.45) is 9.90. The second-order valence-electron chi connectivity index (χ2n) is 7.30. The zero-order chi connectivity index (χ0) is 14.2. The van der Waals surface area contributed by atoms with Gasteiger partial charge in [-0.25, -0.2) is 0 Å². The molecule has 0 aromatic heterocycles. The first kappa shape index (κ1) is 14.4. The van der Waals surface area contributed by atoms with Crippen LogP contribution in [0.15, 0.2) is 0 Å². The Morgan fingerprint density at radius 3 is 2.65 bits per heavy atom. The molecule has 4 atom stereocenters. The van der Waals surface area contributed by atoms with Crippen LogP contribution in [0.4, 0.5) is 0 Å². The predicted molar refractivity (Wildman–Crippen MR) is 79.4 cm³/mol. The van der Waals surface area contributed by atoms with Crippen molar-refractivity contribution >= 4 is 5.91 Å². The Morgan fingerprint density at radius 1 is 1.25 bits per heavy atom. The van der Waals surface area contributed by atoms with Crippen LogP contribution in [-0.2, 0) is 9.53 Å². The predicted octanol–water partition coefficient (Wildman–Crippen LogP) is 3.28. The van der Waals surface area contributed by atoms with Crippen molar-refractivity contribution in [3.63, 3.8) is 0 Å². The van der Waals surface area contributed by atoms with Gasteiger partial charge in [0.1, 0.15) is 0 Å².